The maximum Gasteiger partial charge on any atom is 0.298 e. The van der Waals surface area contributed by atoms with E-state index in [4.69, 9.17) is 4.42 Å². The monoisotopic (exact) mass is 357 g/mol. The molecule has 1 aromatic carbocycles. The zero-order valence-corrected chi connectivity index (χ0v) is 15.7. The quantitative estimate of drug-likeness (QED) is 0.820. The van der Waals surface area contributed by atoms with Crippen LogP contribution in [0.5, 0.6) is 0 Å². The summed E-state index contributed by atoms with van der Waals surface area (Å²) in [5, 5.41) is 13.5. The molecular formula is C20H27N3O3. The molecule has 2 aromatic rings. The van der Waals surface area contributed by atoms with Gasteiger partial charge in [0, 0.05) is 19.6 Å². The van der Waals surface area contributed by atoms with Crippen LogP contribution < -0.4 is 10.2 Å². The summed E-state index contributed by atoms with van der Waals surface area (Å²) in [5.74, 6) is -0.0490. The summed E-state index contributed by atoms with van der Waals surface area (Å²) in [6, 6.07) is 6.65. The van der Waals surface area contributed by atoms with Crippen molar-refractivity contribution in [3.8, 4) is 0 Å². The van der Waals surface area contributed by atoms with Gasteiger partial charge in [-0.1, -0.05) is 26.8 Å². The van der Waals surface area contributed by atoms with Crippen molar-refractivity contribution < 1.29 is 14.3 Å². The van der Waals surface area contributed by atoms with Crippen LogP contribution in [0, 0.1) is 5.41 Å². The van der Waals surface area contributed by atoms with Gasteiger partial charge in [-0.3, -0.25) is 4.79 Å². The van der Waals surface area contributed by atoms with Gasteiger partial charge in [0.2, 0.25) is 5.91 Å². The first-order chi connectivity index (χ1) is 12.3. The number of anilines is 1. The van der Waals surface area contributed by atoms with E-state index in [0.717, 1.165) is 17.5 Å². The molecule has 0 saturated carbocycles. The van der Waals surface area contributed by atoms with Gasteiger partial charge in [-0.2, -0.15) is 4.98 Å². The lowest BCUT2D eigenvalue weighted by Crippen LogP contribution is -2.61. The normalized spacial score (nSPS) is 27.2. The molecule has 0 radical (unpaired) electrons. The zero-order valence-electron chi connectivity index (χ0n) is 15.7. The molecule has 26 heavy (non-hydrogen) atoms. The maximum atomic E-state index is 12.5. The van der Waals surface area contributed by atoms with Crippen molar-refractivity contribution in [2.45, 2.75) is 51.6 Å². The maximum absolute atomic E-state index is 12.5. The van der Waals surface area contributed by atoms with Gasteiger partial charge in [-0.15, -0.1) is 0 Å². The Bertz CT molecular complexity index is 838. The topological polar surface area (TPSA) is 78.6 Å². The number of rotatable bonds is 1. The number of oxazole rings is 1. The number of carbonyl (C=O) groups excluding carboxylic acids is 1. The van der Waals surface area contributed by atoms with Crippen LogP contribution in [0.1, 0.15) is 45.6 Å². The number of nitrogens with zero attached hydrogens (tertiary/aromatic N) is 2. The third-order valence-electron chi connectivity index (χ3n) is 5.83. The Kier molecular flexibility index (Phi) is 3.99. The SMILES string of the molecule is CC(C)(C)c1ccc2oc(N3CC[C@@H](O)[C@@]4(CCCNC4=O)C3)nc2c1. The number of nitrogens with one attached hydrogen (secondary N) is 1. The van der Waals surface area contributed by atoms with Crippen molar-refractivity contribution in [3.05, 3.63) is 23.8 Å². The molecule has 1 spiro atoms. The first-order valence-corrected chi connectivity index (χ1v) is 9.42. The Balaban J connectivity index is 1.66. The number of aromatic nitrogens is 1. The Morgan fingerprint density at radius 2 is 2.19 bits per heavy atom. The summed E-state index contributed by atoms with van der Waals surface area (Å²) in [5.41, 5.74) is 2.09. The van der Waals surface area contributed by atoms with Gasteiger partial charge in [0.05, 0.1) is 11.5 Å². The molecule has 2 N–H and O–H groups in total. The number of piperidine rings is 2. The summed E-state index contributed by atoms with van der Waals surface area (Å²) in [6.45, 7) is 8.28. The molecule has 2 aliphatic heterocycles. The first kappa shape index (κ1) is 17.3. The van der Waals surface area contributed by atoms with Gasteiger partial charge in [-0.05, 0) is 42.4 Å². The van der Waals surface area contributed by atoms with Crippen LogP contribution in [0.2, 0.25) is 0 Å². The van der Waals surface area contributed by atoms with E-state index in [1.165, 1.54) is 5.56 Å². The fraction of sp³-hybridized carbons (Fsp3) is 0.600. The lowest BCUT2D eigenvalue weighted by molar-refractivity contribution is -0.142. The molecule has 3 heterocycles. The summed E-state index contributed by atoms with van der Waals surface area (Å²) >= 11 is 0. The van der Waals surface area contributed by atoms with E-state index < -0.39 is 11.5 Å². The van der Waals surface area contributed by atoms with Crippen LogP contribution in [0.3, 0.4) is 0 Å². The third-order valence-corrected chi connectivity index (χ3v) is 5.83. The summed E-state index contributed by atoms with van der Waals surface area (Å²) < 4.78 is 5.98. The van der Waals surface area contributed by atoms with Crippen LogP contribution in [0.15, 0.2) is 22.6 Å². The largest absolute Gasteiger partial charge is 0.423 e. The molecule has 2 aliphatic rings. The van der Waals surface area contributed by atoms with Crippen molar-refractivity contribution in [3.63, 3.8) is 0 Å². The third kappa shape index (κ3) is 2.76. The first-order valence-electron chi connectivity index (χ1n) is 9.42. The van der Waals surface area contributed by atoms with Gasteiger partial charge in [-0.25, -0.2) is 0 Å². The molecule has 6 heteroatoms. The number of hydrogen-bond donors (Lipinski definition) is 2. The molecule has 2 atom stereocenters. The Morgan fingerprint density at radius 1 is 1.38 bits per heavy atom. The van der Waals surface area contributed by atoms with Crippen molar-refractivity contribution >= 4 is 23.0 Å². The van der Waals surface area contributed by atoms with E-state index in [2.05, 4.69) is 43.2 Å². The Morgan fingerprint density at radius 3 is 2.92 bits per heavy atom. The minimum absolute atomic E-state index is 0.0484. The highest BCUT2D eigenvalue weighted by molar-refractivity contribution is 5.85. The average molecular weight is 357 g/mol. The smallest absolute Gasteiger partial charge is 0.298 e. The van der Waals surface area contributed by atoms with E-state index >= 15 is 0 Å². The Hall–Kier alpha value is -2.08. The van der Waals surface area contributed by atoms with Crippen LogP contribution >= 0.6 is 0 Å². The van der Waals surface area contributed by atoms with E-state index in [1.54, 1.807) is 0 Å². The number of benzene rings is 1. The predicted molar refractivity (Wildman–Crippen MR) is 100 cm³/mol. The minimum atomic E-state index is -0.756. The number of aliphatic hydroxyl groups is 1. The highest BCUT2D eigenvalue weighted by Gasteiger charge is 2.50. The summed E-state index contributed by atoms with van der Waals surface area (Å²) in [6.07, 6.45) is 1.51. The van der Waals surface area contributed by atoms with Gasteiger partial charge in [0.15, 0.2) is 5.58 Å². The van der Waals surface area contributed by atoms with Gasteiger partial charge in [0.1, 0.15) is 5.52 Å². The van der Waals surface area contributed by atoms with Crippen molar-refractivity contribution in [2.75, 3.05) is 24.5 Å². The van der Waals surface area contributed by atoms with Crippen LogP contribution in [0.25, 0.3) is 11.1 Å². The predicted octanol–water partition coefficient (Wildman–Crippen LogP) is 2.59. The summed E-state index contributed by atoms with van der Waals surface area (Å²) in [7, 11) is 0. The molecule has 2 fully saturated rings. The number of hydrogen-bond acceptors (Lipinski definition) is 5. The lowest BCUT2D eigenvalue weighted by atomic mass is 9.71. The van der Waals surface area contributed by atoms with E-state index in [0.29, 0.717) is 38.5 Å². The van der Waals surface area contributed by atoms with E-state index in [1.807, 2.05) is 11.0 Å². The van der Waals surface area contributed by atoms with Crippen molar-refractivity contribution in [2.24, 2.45) is 5.41 Å². The second-order valence-corrected chi connectivity index (χ2v) is 8.67. The van der Waals surface area contributed by atoms with Gasteiger partial charge >= 0.3 is 0 Å². The molecule has 140 valence electrons. The number of amides is 1. The molecular weight excluding hydrogens is 330 g/mol. The van der Waals surface area contributed by atoms with Crippen molar-refractivity contribution in [1.29, 1.82) is 0 Å². The molecule has 4 rings (SSSR count). The second-order valence-electron chi connectivity index (χ2n) is 8.67. The van der Waals surface area contributed by atoms with Gasteiger partial charge < -0.3 is 19.7 Å². The van der Waals surface area contributed by atoms with Crippen LogP contribution in [-0.2, 0) is 10.2 Å². The molecule has 2 saturated heterocycles. The minimum Gasteiger partial charge on any atom is -0.423 e. The number of fused-ring (bicyclic) bond motifs is 1. The van der Waals surface area contributed by atoms with Gasteiger partial charge in [0.25, 0.3) is 6.01 Å². The van der Waals surface area contributed by atoms with Crippen molar-refractivity contribution in [1.82, 2.24) is 10.3 Å². The average Bonchev–Trinajstić information content (AvgIpc) is 3.02. The Labute approximate surface area is 153 Å². The molecule has 0 unspecified atom stereocenters. The fourth-order valence-electron chi connectivity index (χ4n) is 4.12. The summed E-state index contributed by atoms with van der Waals surface area (Å²) in [4.78, 5) is 19.2. The number of carbonyl (C=O) groups is 1. The van der Waals surface area contributed by atoms with Crippen LogP contribution in [-0.4, -0.2) is 41.7 Å². The highest BCUT2D eigenvalue weighted by atomic mass is 16.4. The standard InChI is InChI=1S/C20H27N3O3/c1-19(2,3)13-5-6-15-14(11-13)22-18(26-15)23-10-7-16(24)20(12-23)8-4-9-21-17(20)25/h5-6,11,16,24H,4,7-10,12H2,1-3H3,(H,21,25)/t16-,20-/m1/s1. The molecule has 6 nitrogen and oxygen atoms in total. The second kappa shape index (κ2) is 5.98. The fourth-order valence-corrected chi connectivity index (χ4v) is 4.12. The van der Waals surface area contributed by atoms with E-state index in [-0.39, 0.29) is 11.3 Å². The highest BCUT2D eigenvalue weighted by Crippen LogP contribution is 2.39. The molecule has 0 aliphatic carbocycles. The lowest BCUT2D eigenvalue weighted by Gasteiger charge is -2.46. The van der Waals surface area contributed by atoms with E-state index in [9.17, 15) is 9.90 Å². The molecule has 0 bridgehead atoms. The molecule has 1 amide bonds. The molecule has 1 aromatic heterocycles. The number of aliphatic hydroxyl groups excluding tert-OH is 1. The van der Waals surface area contributed by atoms with Crippen LogP contribution in [0.4, 0.5) is 6.01 Å². The zero-order chi connectivity index (χ0) is 18.5.